The third kappa shape index (κ3) is 7.67. The van der Waals surface area contributed by atoms with Gasteiger partial charge in [-0.05, 0) is 0 Å². The molecular weight excluding hydrogens is 382 g/mol. The molecule has 0 bridgehead atoms. The van der Waals surface area contributed by atoms with Crippen LogP contribution in [0.4, 0.5) is 0 Å². The summed E-state index contributed by atoms with van der Waals surface area (Å²) in [6.07, 6.45) is -7.69. The zero-order chi connectivity index (χ0) is 22.0. The van der Waals surface area contributed by atoms with Crippen LogP contribution in [0.15, 0.2) is 6.20 Å². The van der Waals surface area contributed by atoms with Gasteiger partial charge in [0.25, 0.3) is 0 Å². The number of carbonyl (C=O) groups is 2. The fourth-order valence-corrected chi connectivity index (χ4v) is 1.81. The highest BCUT2D eigenvalue weighted by molar-refractivity contribution is 5.90. The average molecular weight is 409 g/mol. The number of nitrogens with one attached hydrogen (secondary N) is 1. The summed E-state index contributed by atoms with van der Waals surface area (Å²) in [5.41, 5.74) is 5.14. The van der Waals surface area contributed by atoms with Gasteiger partial charge in [0, 0.05) is 6.92 Å². The van der Waals surface area contributed by atoms with E-state index in [1.807, 2.05) is 0 Å². The molecule has 0 spiro atoms. The molecule has 0 aliphatic carbocycles. The number of aromatic nitrogens is 2. The summed E-state index contributed by atoms with van der Waals surface area (Å²) >= 11 is 0. The van der Waals surface area contributed by atoms with E-state index >= 15 is 0 Å². The molecule has 1 rings (SSSR count). The van der Waals surface area contributed by atoms with Crippen molar-refractivity contribution >= 4 is 12.1 Å². The Morgan fingerprint density at radius 1 is 1.07 bits per heavy atom. The summed E-state index contributed by atoms with van der Waals surface area (Å²) in [5, 5.41) is 71.9. The number of ketones is 1. The van der Waals surface area contributed by atoms with Crippen molar-refractivity contribution < 1.29 is 50.4 Å². The molecule has 0 aliphatic heterocycles. The molecule has 1 aromatic heterocycles. The second kappa shape index (κ2) is 12.6. The second-order valence-electron chi connectivity index (χ2n) is 5.87. The molecule has 11 N–H and O–H groups in total. The van der Waals surface area contributed by atoms with Gasteiger partial charge in [0.2, 0.25) is 0 Å². The molecule has 0 radical (unpaired) electrons. The van der Waals surface area contributed by atoms with E-state index in [1.54, 1.807) is 0 Å². The maximum Gasteiger partial charge on any atom is 0.194 e. The van der Waals surface area contributed by atoms with E-state index < -0.39 is 55.9 Å². The van der Waals surface area contributed by atoms with Crippen LogP contribution < -0.4 is 5.73 Å². The van der Waals surface area contributed by atoms with Crippen LogP contribution in [0.3, 0.4) is 0 Å². The van der Waals surface area contributed by atoms with E-state index in [9.17, 15) is 19.8 Å². The zero-order valence-corrected chi connectivity index (χ0v) is 15.0. The van der Waals surface area contributed by atoms with Crippen molar-refractivity contribution in [2.24, 2.45) is 5.73 Å². The van der Waals surface area contributed by atoms with Crippen molar-refractivity contribution in [1.29, 1.82) is 0 Å². The Morgan fingerprint density at radius 3 is 1.96 bits per heavy atom. The zero-order valence-electron chi connectivity index (χ0n) is 15.0. The van der Waals surface area contributed by atoms with Crippen LogP contribution >= 0.6 is 0 Å². The Morgan fingerprint density at radius 2 is 1.57 bits per heavy atom. The SMILES string of the molecule is CC(=O)c1ncc([C@@H](O)[C@H](O)[C@H](O)CO)[nH]1.NC(C=O)C(O)C(O)C(O)CO. The highest BCUT2D eigenvalue weighted by atomic mass is 16.4. The number of Topliss-reactive ketones (excluding diaryl/α,β-unsaturated/α-hetero) is 1. The van der Waals surface area contributed by atoms with Crippen LogP contribution in [-0.4, -0.2) is 113 Å². The third-order valence-corrected chi connectivity index (χ3v) is 3.64. The first kappa shape index (κ1) is 26.2. The van der Waals surface area contributed by atoms with Gasteiger partial charge in [-0.1, -0.05) is 0 Å². The lowest BCUT2D eigenvalue weighted by Gasteiger charge is -2.23. The Bertz CT molecular complexity index is 598. The van der Waals surface area contributed by atoms with E-state index in [0.717, 1.165) is 0 Å². The van der Waals surface area contributed by atoms with E-state index in [1.165, 1.54) is 13.1 Å². The largest absolute Gasteiger partial charge is 0.394 e. The van der Waals surface area contributed by atoms with Crippen LogP contribution in [0, 0.1) is 0 Å². The van der Waals surface area contributed by atoms with Gasteiger partial charge in [-0.25, -0.2) is 4.98 Å². The molecule has 4 unspecified atom stereocenters. The number of imidazole rings is 1. The lowest BCUT2D eigenvalue weighted by atomic mass is 10.0. The Hall–Kier alpha value is -1.81. The van der Waals surface area contributed by atoms with Crippen LogP contribution in [0.2, 0.25) is 0 Å². The van der Waals surface area contributed by atoms with Crippen LogP contribution in [-0.2, 0) is 4.79 Å². The van der Waals surface area contributed by atoms with Crippen molar-refractivity contribution in [1.82, 2.24) is 9.97 Å². The van der Waals surface area contributed by atoms with Gasteiger partial charge in [-0.15, -0.1) is 0 Å². The number of hydrogen-bond donors (Lipinski definition) is 10. The highest BCUT2D eigenvalue weighted by Crippen LogP contribution is 2.17. The minimum absolute atomic E-state index is 0.0553. The average Bonchev–Trinajstić information content (AvgIpc) is 3.20. The molecular formula is C15H27N3O10. The number of nitrogens with two attached hydrogens (primary N) is 1. The minimum atomic E-state index is -1.62. The van der Waals surface area contributed by atoms with Crippen molar-refractivity contribution in [3.05, 3.63) is 17.7 Å². The predicted molar refractivity (Wildman–Crippen MR) is 91.8 cm³/mol. The number of carbonyl (C=O) groups excluding carboxylic acids is 2. The van der Waals surface area contributed by atoms with Gasteiger partial charge in [0.1, 0.15) is 42.9 Å². The monoisotopic (exact) mass is 409 g/mol. The molecule has 28 heavy (non-hydrogen) atoms. The van der Waals surface area contributed by atoms with Gasteiger partial charge < -0.3 is 56.4 Å². The van der Waals surface area contributed by atoms with E-state index in [-0.39, 0.29) is 23.6 Å². The molecule has 1 aromatic rings. The Labute approximate surface area is 159 Å². The third-order valence-electron chi connectivity index (χ3n) is 3.64. The topological polar surface area (TPSA) is 251 Å². The highest BCUT2D eigenvalue weighted by Gasteiger charge is 2.28. The molecule has 0 aromatic carbocycles. The summed E-state index contributed by atoms with van der Waals surface area (Å²) in [6, 6.07) is -1.26. The van der Waals surface area contributed by atoms with Crippen LogP contribution in [0.1, 0.15) is 29.3 Å². The lowest BCUT2D eigenvalue weighted by molar-refractivity contribution is -0.118. The maximum atomic E-state index is 10.9. The van der Waals surface area contributed by atoms with Crippen molar-refractivity contribution in [2.75, 3.05) is 13.2 Å². The number of aldehydes is 1. The van der Waals surface area contributed by atoms with Crippen LogP contribution in [0.25, 0.3) is 0 Å². The molecule has 162 valence electrons. The molecule has 0 amide bonds. The molecule has 13 heteroatoms. The second-order valence-corrected chi connectivity index (χ2v) is 5.87. The quantitative estimate of drug-likeness (QED) is 0.129. The number of aliphatic hydroxyl groups is 8. The Balaban J connectivity index is 0.000000546. The first-order valence-corrected chi connectivity index (χ1v) is 8.08. The molecule has 0 saturated carbocycles. The van der Waals surface area contributed by atoms with Gasteiger partial charge in [-0.2, -0.15) is 0 Å². The van der Waals surface area contributed by atoms with Gasteiger partial charge in [-0.3, -0.25) is 4.79 Å². The fraction of sp³-hybridized carbons (Fsp3) is 0.667. The van der Waals surface area contributed by atoms with Gasteiger partial charge in [0.15, 0.2) is 11.6 Å². The molecule has 1 heterocycles. The Kier molecular flexibility index (Phi) is 11.8. The number of aliphatic hydroxyl groups excluding tert-OH is 8. The minimum Gasteiger partial charge on any atom is -0.394 e. The summed E-state index contributed by atoms with van der Waals surface area (Å²) in [7, 11) is 0. The summed E-state index contributed by atoms with van der Waals surface area (Å²) < 4.78 is 0. The summed E-state index contributed by atoms with van der Waals surface area (Å²) in [4.78, 5) is 27.1. The van der Waals surface area contributed by atoms with Crippen molar-refractivity contribution in [3.63, 3.8) is 0 Å². The molecule has 13 nitrogen and oxygen atoms in total. The number of nitrogens with zero attached hydrogens (tertiary/aromatic N) is 1. The maximum absolute atomic E-state index is 10.9. The fourth-order valence-electron chi connectivity index (χ4n) is 1.81. The van der Waals surface area contributed by atoms with Gasteiger partial charge >= 0.3 is 0 Å². The molecule has 0 aliphatic rings. The van der Waals surface area contributed by atoms with Gasteiger partial charge in [0.05, 0.1) is 31.1 Å². The number of aromatic amines is 1. The summed E-state index contributed by atoms with van der Waals surface area (Å²) in [6.45, 7) is -0.0796. The number of rotatable bonds is 10. The normalized spacial score (nSPS) is 18.6. The van der Waals surface area contributed by atoms with E-state index in [4.69, 9.17) is 36.4 Å². The molecule has 0 fully saturated rings. The van der Waals surface area contributed by atoms with Crippen molar-refractivity contribution in [2.45, 2.75) is 49.6 Å². The van der Waals surface area contributed by atoms with E-state index in [0.29, 0.717) is 0 Å². The van der Waals surface area contributed by atoms with E-state index in [2.05, 4.69) is 9.97 Å². The first-order valence-electron chi connectivity index (χ1n) is 8.08. The standard InChI is InChI=1S/C9H14N2O5.C6H13NO5/c1-4(13)9-10-2-5(11-9)7(15)8(16)6(14)3-12;7-3(1-8)5(11)6(12)4(10)2-9/h2,6-8,12,14-16H,3H2,1H3,(H,10,11);1,3-6,9-12H,2,7H2/t6-,7-,8-;/m1./s1. The number of hydrogen-bond acceptors (Lipinski definition) is 12. The smallest absolute Gasteiger partial charge is 0.194 e. The summed E-state index contributed by atoms with van der Waals surface area (Å²) in [5.74, 6) is -0.254. The molecule has 7 atom stereocenters. The van der Waals surface area contributed by atoms with Crippen molar-refractivity contribution in [3.8, 4) is 0 Å². The predicted octanol–water partition coefficient (Wildman–Crippen LogP) is -5.05. The lowest BCUT2D eigenvalue weighted by Crippen LogP contribution is -2.49. The number of H-pyrrole nitrogens is 1. The van der Waals surface area contributed by atoms with Crippen LogP contribution in [0.5, 0.6) is 0 Å². The molecule has 0 saturated heterocycles. The first-order chi connectivity index (χ1) is 13.0.